The minimum Gasteiger partial charge on any atom is -0.503 e. The number of aromatic nitrogens is 1. The first-order chi connectivity index (χ1) is 17.9. The van der Waals surface area contributed by atoms with Crippen LogP contribution in [0.5, 0.6) is 5.75 Å². The van der Waals surface area contributed by atoms with Gasteiger partial charge in [-0.3, -0.25) is 14.5 Å². The largest absolute Gasteiger partial charge is 0.503 e. The molecule has 1 fully saturated rings. The van der Waals surface area contributed by atoms with Crippen LogP contribution in [0, 0.1) is 0 Å². The van der Waals surface area contributed by atoms with Crippen molar-refractivity contribution in [2.45, 2.75) is 22.9 Å². The minimum absolute atomic E-state index is 0.0538. The first-order valence-corrected chi connectivity index (χ1v) is 13.6. The van der Waals surface area contributed by atoms with Crippen molar-refractivity contribution in [3.63, 3.8) is 0 Å². The predicted molar refractivity (Wildman–Crippen MR) is 142 cm³/mol. The number of amides is 2. The van der Waals surface area contributed by atoms with Crippen LogP contribution in [0.3, 0.4) is 0 Å². The Balaban J connectivity index is 1.21. The number of benzene rings is 2. The molecule has 0 bridgehead atoms. The maximum atomic E-state index is 12.9. The number of pyridine rings is 1. The third-order valence-corrected chi connectivity index (χ3v) is 8.38. The molecule has 10 heteroatoms. The molecule has 0 unspecified atom stereocenters. The first kappa shape index (κ1) is 24.9. The number of nitrogens with one attached hydrogen (secondary N) is 1. The molecule has 8 nitrogen and oxygen atoms in total. The second kappa shape index (κ2) is 10.7. The molecular formula is C27H24N3O5S2+. The van der Waals surface area contributed by atoms with Crippen molar-refractivity contribution < 1.29 is 29.2 Å². The Morgan fingerprint density at radius 3 is 2.76 bits per heavy atom. The van der Waals surface area contributed by atoms with Gasteiger partial charge in [0.05, 0.1) is 5.75 Å². The number of aliphatic carboxylic acids is 1. The fourth-order valence-corrected chi connectivity index (χ4v) is 6.40. The van der Waals surface area contributed by atoms with Gasteiger partial charge in [-0.05, 0) is 40.6 Å². The van der Waals surface area contributed by atoms with Gasteiger partial charge in [0.1, 0.15) is 17.1 Å². The Kier molecular flexibility index (Phi) is 7.20. The zero-order valence-corrected chi connectivity index (χ0v) is 21.2. The molecule has 0 spiro atoms. The van der Waals surface area contributed by atoms with Gasteiger partial charge < -0.3 is 15.5 Å². The summed E-state index contributed by atoms with van der Waals surface area (Å²) in [6.45, 7) is 0.431. The molecule has 0 radical (unpaired) electrons. The molecule has 2 aromatic carbocycles. The molecule has 3 heterocycles. The van der Waals surface area contributed by atoms with E-state index >= 15 is 0 Å². The standard InChI is InChI=1S/C27H23N3O5S2/c31-20-8-4-12-29(14-20)11-3-7-19-15-37-26-23(25(33)30(26)24(19)27(34)35)28-22(32)16-36-21-10-9-17-5-1-2-6-18(17)13-21/h1-10,12-14,23,26H,11,15-16H2,(H2-,28,31,32,34,35)/p+1/t23-,26-/m1/s1. The molecule has 0 aliphatic carbocycles. The number of carboxylic acids is 1. The number of carbonyl (C=O) groups is 3. The average molecular weight is 535 g/mol. The van der Waals surface area contributed by atoms with Crippen molar-refractivity contribution in [1.29, 1.82) is 0 Å². The molecule has 5 rings (SSSR count). The number of hydrogen-bond acceptors (Lipinski definition) is 6. The van der Waals surface area contributed by atoms with Crippen LogP contribution in [0.15, 0.2) is 95.3 Å². The summed E-state index contributed by atoms with van der Waals surface area (Å²) in [6, 6.07) is 16.5. The van der Waals surface area contributed by atoms with E-state index in [2.05, 4.69) is 5.32 Å². The number of nitrogens with zero attached hydrogens (tertiary/aromatic N) is 2. The summed E-state index contributed by atoms with van der Waals surface area (Å²) in [6.07, 6.45) is 6.83. The van der Waals surface area contributed by atoms with E-state index in [0.717, 1.165) is 15.7 Å². The van der Waals surface area contributed by atoms with Gasteiger partial charge in [0, 0.05) is 16.7 Å². The van der Waals surface area contributed by atoms with E-state index < -0.39 is 23.3 Å². The Labute approximate surface area is 221 Å². The first-order valence-electron chi connectivity index (χ1n) is 11.6. The van der Waals surface area contributed by atoms with Crippen molar-refractivity contribution >= 4 is 52.1 Å². The zero-order chi connectivity index (χ0) is 25.9. The summed E-state index contributed by atoms with van der Waals surface area (Å²) in [7, 11) is 0. The number of fused-ring (bicyclic) bond motifs is 2. The number of β-lactam (4-membered cyclic amide) rings is 1. The summed E-state index contributed by atoms with van der Waals surface area (Å²) >= 11 is 2.82. The quantitative estimate of drug-likeness (QED) is 0.232. The number of carboxylic acid groups (broad SMARTS) is 1. The summed E-state index contributed by atoms with van der Waals surface area (Å²) in [4.78, 5) is 39.8. The Hall–Kier alpha value is -3.76. The normalized spacial score (nSPS) is 19.1. The van der Waals surface area contributed by atoms with Crippen LogP contribution in [0.4, 0.5) is 0 Å². The van der Waals surface area contributed by atoms with Crippen LogP contribution in [0.25, 0.3) is 10.8 Å². The van der Waals surface area contributed by atoms with E-state index in [-0.39, 0.29) is 23.1 Å². The number of carbonyl (C=O) groups excluding carboxylic acids is 2. The van der Waals surface area contributed by atoms with Gasteiger partial charge in [-0.1, -0.05) is 36.4 Å². The van der Waals surface area contributed by atoms with Gasteiger partial charge in [0.25, 0.3) is 5.91 Å². The number of aromatic hydroxyl groups is 1. The van der Waals surface area contributed by atoms with Crippen LogP contribution in [-0.4, -0.2) is 55.8 Å². The smallest absolute Gasteiger partial charge is 0.352 e. The molecule has 3 N–H and O–H groups in total. The van der Waals surface area contributed by atoms with Gasteiger partial charge in [0.15, 0.2) is 18.5 Å². The van der Waals surface area contributed by atoms with Crippen LogP contribution in [0.2, 0.25) is 0 Å². The number of allylic oxidation sites excluding steroid dienone is 2. The lowest BCUT2D eigenvalue weighted by molar-refractivity contribution is -0.687. The molecular weight excluding hydrogens is 510 g/mol. The highest BCUT2D eigenvalue weighted by Gasteiger charge is 2.53. The monoisotopic (exact) mass is 534 g/mol. The lowest BCUT2D eigenvalue weighted by atomic mass is 10.0. The topological polar surface area (TPSA) is 111 Å². The van der Waals surface area contributed by atoms with E-state index in [1.54, 1.807) is 41.2 Å². The fourth-order valence-electron chi connectivity index (χ4n) is 4.33. The lowest BCUT2D eigenvalue weighted by Gasteiger charge is -2.49. The van der Waals surface area contributed by atoms with Gasteiger partial charge in [-0.25, -0.2) is 4.79 Å². The fraction of sp³-hybridized carbons (Fsp3) is 0.185. The number of thioether (sulfide) groups is 2. The number of rotatable bonds is 8. The third-order valence-electron chi connectivity index (χ3n) is 6.09. The summed E-state index contributed by atoms with van der Waals surface area (Å²) in [5, 5.41) is 24.0. The molecule has 2 aliphatic rings. The Morgan fingerprint density at radius 1 is 1.16 bits per heavy atom. The molecule has 188 valence electrons. The molecule has 2 aliphatic heterocycles. The highest BCUT2D eigenvalue weighted by molar-refractivity contribution is 8.00. The van der Waals surface area contributed by atoms with Gasteiger partial charge in [0.2, 0.25) is 12.1 Å². The summed E-state index contributed by atoms with van der Waals surface area (Å²) in [5.74, 6) is -1.19. The summed E-state index contributed by atoms with van der Waals surface area (Å²) in [5.41, 5.74) is 0.474. The van der Waals surface area contributed by atoms with E-state index in [4.69, 9.17) is 0 Å². The van der Waals surface area contributed by atoms with Crippen molar-refractivity contribution in [2.75, 3.05) is 11.5 Å². The number of hydrogen-bond donors (Lipinski definition) is 3. The van der Waals surface area contributed by atoms with E-state index in [0.29, 0.717) is 17.9 Å². The maximum Gasteiger partial charge on any atom is 0.352 e. The van der Waals surface area contributed by atoms with Crippen LogP contribution in [-0.2, 0) is 20.9 Å². The van der Waals surface area contributed by atoms with Crippen molar-refractivity contribution in [3.8, 4) is 5.75 Å². The average Bonchev–Trinajstić information content (AvgIpc) is 2.90. The highest BCUT2D eigenvalue weighted by atomic mass is 32.2. The summed E-state index contributed by atoms with van der Waals surface area (Å²) < 4.78 is 1.75. The van der Waals surface area contributed by atoms with Crippen molar-refractivity contribution in [2.24, 2.45) is 0 Å². The van der Waals surface area contributed by atoms with Gasteiger partial charge >= 0.3 is 5.97 Å². The van der Waals surface area contributed by atoms with Gasteiger partial charge in [-0.15, -0.1) is 23.5 Å². The van der Waals surface area contributed by atoms with Crippen molar-refractivity contribution in [3.05, 3.63) is 90.4 Å². The Morgan fingerprint density at radius 2 is 1.97 bits per heavy atom. The maximum absolute atomic E-state index is 12.9. The minimum atomic E-state index is -1.18. The molecule has 2 amide bonds. The second-order valence-corrected chi connectivity index (χ2v) is 10.7. The van der Waals surface area contributed by atoms with Crippen molar-refractivity contribution in [1.82, 2.24) is 10.2 Å². The Bertz CT molecular complexity index is 1450. The van der Waals surface area contributed by atoms with E-state index in [1.807, 2.05) is 42.5 Å². The zero-order valence-electron chi connectivity index (χ0n) is 19.6. The van der Waals surface area contributed by atoms with Crippen LogP contribution in [0.1, 0.15) is 0 Å². The van der Waals surface area contributed by atoms with E-state index in [9.17, 15) is 24.6 Å². The third kappa shape index (κ3) is 5.35. The molecule has 0 saturated carbocycles. The SMILES string of the molecule is O=C(CSc1ccc2ccccc2c1)N[C@@H]1C(=O)N2C(C(=O)O)=C(C=CC[n+]3cccc(O)c3)CS[C@H]12. The van der Waals surface area contributed by atoms with E-state index in [1.165, 1.54) is 28.4 Å². The molecule has 1 saturated heterocycles. The lowest BCUT2D eigenvalue weighted by Crippen LogP contribution is -2.70. The highest BCUT2D eigenvalue weighted by Crippen LogP contribution is 2.40. The molecule has 1 aromatic heterocycles. The molecule has 2 atom stereocenters. The van der Waals surface area contributed by atoms with Crippen LogP contribution >= 0.6 is 23.5 Å². The molecule has 3 aromatic rings. The second-order valence-electron chi connectivity index (χ2n) is 8.59. The predicted octanol–water partition coefficient (Wildman–Crippen LogP) is 2.92. The molecule has 37 heavy (non-hydrogen) atoms. The van der Waals surface area contributed by atoms with Gasteiger partial charge in [-0.2, -0.15) is 4.57 Å². The van der Waals surface area contributed by atoms with Crippen LogP contribution < -0.4 is 9.88 Å².